The molecule has 12 heteroatoms. The number of aryl methyl sites for hydroxylation is 1. The molecule has 0 aliphatic rings. The molecule has 4 aromatic heterocycles. The fraction of sp³-hybridized carbons (Fsp3) is 0.105. The number of amides is 2. The van der Waals surface area contributed by atoms with Crippen LogP contribution in [0, 0.1) is 12.7 Å². The normalized spacial score (nSPS) is 11.0. The van der Waals surface area contributed by atoms with Crippen LogP contribution in [0.15, 0.2) is 41.3 Å². The highest BCUT2D eigenvalue weighted by molar-refractivity contribution is 9.10. The largest absolute Gasteiger partial charge is 0.354 e. The van der Waals surface area contributed by atoms with E-state index in [0.29, 0.717) is 15.7 Å². The molecule has 0 aliphatic carbocycles. The van der Waals surface area contributed by atoms with Crippen LogP contribution < -0.4 is 10.6 Å². The molecule has 0 fully saturated rings. The van der Waals surface area contributed by atoms with Gasteiger partial charge in [0.1, 0.15) is 16.1 Å². The summed E-state index contributed by atoms with van der Waals surface area (Å²) in [5.74, 6) is -1.56. The summed E-state index contributed by atoms with van der Waals surface area (Å²) in [6.07, 6.45) is 2.53. The van der Waals surface area contributed by atoms with Gasteiger partial charge in [0, 0.05) is 13.1 Å². The molecule has 2 N–H and O–H groups in total. The molecular formula is C19H14BrClFN7O2. The summed E-state index contributed by atoms with van der Waals surface area (Å²) >= 11 is 9.33. The fourth-order valence-corrected chi connectivity index (χ4v) is 3.71. The SMILES string of the molecule is CNC(=O)c1c(NC(=O)c2cc(Br)nn2-c2ncc(F)cc2Cl)c(C)cc2ccnn12. The predicted octanol–water partition coefficient (Wildman–Crippen LogP) is 3.39. The van der Waals surface area contributed by atoms with Gasteiger partial charge in [0.25, 0.3) is 11.8 Å². The summed E-state index contributed by atoms with van der Waals surface area (Å²) in [5.41, 5.74) is 1.87. The first-order valence-corrected chi connectivity index (χ1v) is 10.0. The van der Waals surface area contributed by atoms with Crippen LogP contribution in [0.3, 0.4) is 0 Å². The second-order valence-corrected chi connectivity index (χ2v) is 7.69. The maximum Gasteiger partial charge on any atom is 0.274 e. The topological polar surface area (TPSA) is 106 Å². The van der Waals surface area contributed by atoms with E-state index < -0.39 is 17.6 Å². The van der Waals surface area contributed by atoms with E-state index in [4.69, 9.17) is 11.6 Å². The van der Waals surface area contributed by atoms with Gasteiger partial charge in [-0.2, -0.15) is 10.2 Å². The second kappa shape index (κ2) is 8.08. The number of aromatic nitrogens is 5. The van der Waals surface area contributed by atoms with Crippen molar-refractivity contribution in [2.45, 2.75) is 6.92 Å². The molecule has 4 heterocycles. The highest BCUT2D eigenvalue weighted by Gasteiger charge is 2.24. The van der Waals surface area contributed by atoms with E-state index in [1.165, 1.54) is 22.3 Å². The quantitative estimate of drug-likeness (QED) is 0.441. The van der Waals surface area contributed by atoms with Crippen LogP contribution in [0.1, 0.15) is 26.5 Å². The number of halogens is 3. The summed E-state index contributed by atoms with van der Waals surface area (Å²) in [7, 11) is 1.49. The molecule has 158 valence electrons. The van der Waals surface area contributed by atoms with Crippen LogP contribution in [0.25, 0.3) is 11.3 Å². The van der Waals surface area contributed by atoms with E-state index in [9.17, 15) is 14.0 Å². The summed E-state index contributed by atoms with van der Waals surface area (Å²) in [4.78, 5) is 29.7. The lowest BCUT2D eigenvalue weighted by atomic mass is 10.1. The first-order valence-electron chi connectivity index (χ1n) is 8.88. The second-order valence-electron chi connectivity index (χ2n) is 6.48. The van der Waals surface area contributed by atoms with E-state index in [2.05, 4.69) is 41.7 Å². The van der Waals surface area contributed by atoms with Gasteiger partial charge < -0.3 is 10.6 Å². The number of hydrogen-bond donors (Lipinski definition) is 2. The predicted molar refractivity (Wildman–Crippen MR) is 115 cm³/mol. The Morgan fingerprint density at radius 1 is 1.23 bits per heavy atom. The smallest absolute Gasteiger partial charge is 0.274 e. The maximum absolute atomic E-state index is 13.4. The van der Waals surface area contributed by atoms with Gasteiger partial charge in [-0.1, -0.05) is 11.6 Å². The van der Waals surface area contributed by atoms with E-state index in [-0.39, 0.29) is 27.9 Å². The summed E-state index contributed by atoms with van der Waals surface area (Å²) < 4.78 is 16.4. The van der Waals surface area contributed by atoms with Crippen molar-refractivity contribution in [2.75, 3.05) is 12.4 Å². The third kappa shape index (κ3) is 3.77. The molecule has 0 unspecified atom stereocenters. The number of anilines is 1. The van der Waals surface area contributed by atoms with Gasteiger partial charge in [-0.05, 0) is 46.6 Å². The zero-order chi connectivity index (χ0) is 22.3. The van der Waals surface area contributed by atoms with E-state index in [0.717, 1.165) is 12.3 Å². The molecule has 31 heavy (non-hydrogen) atoms. The van der Waals surface area contributed by atoms with Gasteiger partial charge in [-0.3, -0.25) is 9.59 Å². The van der Waals surface area contributed by atoms with Gasteiger partial charge in [-0.15, -0.1) is 0 Å². The molecule has 0 radical (unpaired) electrons. The van der Waals surface area contributed by atoms with Gasteiger partial charge >= 0.3 is 0 Å². The van der Waals surface area contributed by atoms with Crippen molar-refractivity contribution in [3.8, 4) is 5.82 Å². The van der Waals surface area contributed by atoms with Crippen LogP contribution in [-0.4, -0.2) is 43.2 Å². The molecule has 0 bridgehead atoms. The molecule has 4 rings (SSSR count). The Morgan fingerprint density at radius 3 is 2.71 bits per heavy atom. The number of rotatable bonds is 4. The van der Waals surface area contributed by atoms with Crippen molar-refractivity contribution in [1.29, 1.82) is 0 Å². The Kier molecular flexibility index (Phi) is 5.46. The Balaban J connectivity index is 1.81. The Morgan fingerprint density at radius 2 is 2.00 bits per heavy atom. The molecule has 9 nitrogen and oxygen atoms in total. The zero-order valence-corrected chi connectivity index (χ0v) is 18.5. The monoisotopic (exact) mass is 505 g/mol. The molecule has 0 aliphatic heterocycles. The van der Waals surface area contributed by atoms with Crippen molar-refractivity contribution in [3.05, 3.63) is 69.1 Å². The molecule has 2 amide bonds. The van der Waals surface area contributed by atoms with Crippen LogP contribution in [0.5, 0.6) is 0 Å². The number of carbonyl (C=O) groups excluding carboxylic acids is 2. The third-order valence-corrected chi connectivity index (χ3v) is 5.13. The van der Waals surface area contributed by atoms with Crippen LogP contribution in [-0.2, 0) is 0 Å². The lowest BCUT2D eigenvalue weighted by Crippen LogP contribution is -2.26. The minimum absolute atomic E-state index is 0.0233. The standard InChI is InChI=1S/C19H14BrClFN7O2/c1-9-5-11-3-4-25-28(11)16(19(31)23-2)15(9)26-18(30)13-7-14(20)27-29(13)17-12(21)6-10(22)8-24-17/h3-8H,1-2H3,(H,23,31)(H,26,30). The number of nitrogens with zero attached hydrogens (tertiary/aromatic N) is 5. The maximum atomic E-state index is 13.4. The van der Waals surface area contributed by atoms with Crippen molar-refractivity contribution in [1.82, 2.24) is 29.7 Å². The van der Waals surface area contributed by atoms with Gasteiger partial charge in [-0.25, -0.2) is 18.6 Å². The Labute approximate surface area is 188 Å². The van der Waals surface area contributed by atoms with Gasteiger partial charge in [0.2, 0.25) is 0 Å². The minimum atomic E-state index is -0.621. The van der Waals surface area contributed by atoms with Crippen molar-refractivity contribution < 1.29 is 14.0 Å². The Bertz CT molecular complexity index is 1350. The lowest BCUT2D eigenvalue weighted by Gasteiger charge is -2.15. The summed E-state index contributed by atoms with van der Waals surface area (Å²) in [5, 5.41) is 13.6. The number of carbonyl (C=O) groups is 2. The van der Waals surface area contributed by atoms with Gasteiger partial charge in [0.15, 0.2) is 11.5 Å². The van der Waals surface area contributed by atoms with E-state index in [1.807, 2.05) is 0 Å². The van der Waals surface area contributed by atoms with E-state index >= 15 is 0 Å². The highest BCUT2D eigenvalue weighted by Crippen LogP contribution is 2.26. The highest BCUT2D eigenvalue weighted by atomic mass is 79.9. The average Bonchev–Trinajstić information content (AvgIpc) is 3.34. The van der Waals surface area contributed by atoms with Crippen LogP contribution in [0.4, 0.5) is 10.1 Å². The van der Waals surface area contributed by atoms with Gasteiger partial charge in [0.05, 0.1) is 28.6 Å². The van der Waals surface area contributed by atoms with Crippen molar-refractivity contribution in [3.63, 3.8) is 0 Å². The molecule has 0 atom stereocenters. The molecule has 0 saturated carbocycles. The average molecular weight is 507 g/mol. The number of fused-ring (bicyclic) bond motifs is 1. The summed E-state index contributed by atoms with van der Waals surface area (Å²) in [6.45, 7) is 1.76. The first-order chi connectivity index (χ1) is 14.8. The number of hydrogen-bond acceptors (Lipinski definition) is 5. The molecular weight excluding hydrogens is 493 g/mol. The first kappa shape index (κ1) is 20.9. The number of nitrogens with one attached hydrogen (secondary N) is 2. The third-order valence-electron chi connectivity index (χ3n) is 4.46. The molecule has 0 saturated heterocycles. The molecule has 4 aromatic rings. The van der Waals surface area contributed by atoms with Crippen molar-refractivity contribution >= 4 is 50.5 Å². The lowest BCUT2D eigenvalue weighted by molar-refractivity contribution is 0.0956. The zero-order valence-electron chi connectivity index (χ0n) is 16.2. The molecule has 0 spiro atoms. The Hall–Kier alpha value is -3.31. The van der Waals surface area contributed by atoms with Crippen LogP contribution in [0.2, 0.25) is 5.02 Å². The molecule has 0 aromatic carbocycles. The number of pyridine rings is 2. The summed E-state index contributed by atoms with van der Waals surface area (Å²) in [6, 6.07) is 6.07. The van der Waals surface area contributed by atoms with Crippen LogP contribution >= 0.6 is 27.5 Å². The van der Waals surface area contributed by atoms with Crippen molar-refractivity contribution in [2.24, 2.45) is 0 Å². The van der Waals surface area contributed by atoms with E-state index in [1.54, 1.807) is 25.3 Å². The fourth-order valence-electron chi connectivity index (χ4n) is 3.10. The minimum Gasteiger partial charge on any atom is -0.354 e.